The summed E-state index contributed by atoms with van der Waals surface area (Å²) in [7, 11) is 1.48. The molecule has 0 aliphatic rings. The third kappa shape index (κ3) is 5.49. The Kier molecular flexibility index (Phi) is 7.44. The van der Waals surface area contributed by atoms with Crippen LogP contribution in [-0.2, 0) is 4.79 Å². The molecule has 1 aromatic heterocycles. The maximum absolute atomic E-state index is 12.4. The minimum Gasteiger partial charge on any atom is -0.493 e. The molecule has 0 radical (unpaired) electrons. The zero-order valence-corrected chi connectivity index (χ0v) is 17.0. The van der Waals surface area contributed by atoms with Crippen molar-refractivity contribution in [3.05, 3.63) is 51.9 Å². The van der Waals surface area contributed by atoms with Gasteiger partial charge in [0, 0.05) is 6.92 Å². The van der Waals surface area contributed by atoms with Crippen molar-refractivity contribution in [1.29, 1.82) is 0 Å². The molecule has 0 saturated carbocycles. The summed E-state index contributed by atoms with van der Waals surface area (Å²) in [6.07, 6.45) is 5.99. The number of hydrogen-bond acceptors (Lipinski definition) is 6. The molecule has 2 rings (SSSR count). The highest BCUT2D eigenvalue weighted by atomic mass is 16.6. The molecule has 0 aliphatic heterocycles. The van der Waals surface area contributed by atoms with Crippen molar-refractivity contribution in [3.63, 3.8) is 0 Å². The van der Waals surface area contributed by atoms with E-state index in [0.717, 1.165) is 18.4 Å². The van der Waals surface area contributed by atoms with E-state index < -0.39 is 11.6 Å². The Balaban J connectivity index is 2.36. The molecule has 0 spiro atoms. The molecule has 0 aliphatic carbocycles. The highest BCUT2D eigenvalue weighted by Crippen LogP contribution is 2.36. The van der Waals surface area contributed by atoms with Gasteiger partial charge in [0.05, 0.1) is 12.5 Å². The number of carbonyl (C=O) groups excluding carboxylic acids is 1. The van der Waals surface area contributed by atoms with Crippen LogP contribution in [0.1, 0.15) is 40.5 Å². The number of methoxy groups -OCH3 is 1. The van der Waals surface area contributed by atoms with Gasteiger partial charge in [-0.2, -0.15) is 0 Å². The highest BCUT2D eigenvalue weighted by molar-refractivity contribution is 5.90. The minimum atomic E-state index is -0.800. The van der Waals surface area contributed by atoms with Crippen LogP contribution in [0.25, 0.3) is 11.0 Å². The maximum Gasteiger partial charge on any atom is 0.383 e. The Bertz CT molecular complexity index is 961. The lowest BCUT2D eigenvalue weighted by atomic mass is 10.1. The lowest BCUT2D eigenvalue weighted by molar-refractivity contribution is -0.132. The molecule has 0 amide bonds. The average Bonchev–Trinajstić information content (AvgIpc) is 2.63. The van der Waals surface area contributed by atoms with E-state index in [2.05, 4.69) is 19.9 Å². The molecule has 28 heavy (non-hydrogen) atoms. The Morgan fingerprint density at radius 3 is 2.50 bits per heavy atom. The lowest BCUT2D eigenvalue weighted by Crippen LogP contribution is -2.13. The SMILES string of the molecule is COc1cccc2c(OC/C=C(\C)CCC=C(C)C)c(OC(C)=O)c(=O)oc12. The van der Waals surface area contributed by atoms with Gasteiger partial charge in [0.25, 0.3) is 5.75 Å². The van der Waals surface area contributed by atoms with Crippen molar-refractivity contribution in [2.75, 3.05) is 13.7 Å². The van der Waals surface area contributed by atoms with Gasteiger partial charge in [0.2, 0.25) is 0 Å². The molecule has 6 nitrogen and oxygen atoms in total. The molecule has 0 fully saturated rings. The van der Waals surface area contributed by atoms with Gasteiger partial charge in [-0.1, -0.05) is 23.3 Å². The number of ether oxygens (including phenoxy) is 3. The van der Waals surface area contributed by atoms with E-state index in [0.29, 0.717) is 11.1 Å². The van der Waals surface area contributed by atoms with Crippen molar-refractivity contribution in [2.24, 2.45) is 0 Å². The van der Waals surface area contributed by atoms with E-state index >= 15 is 0 Å². The standard InChI is InChI=1S/C22H26O6/c1-14(2)8-6-9-15(3)12-13-26-20-17-10-7-11-18(25-5)19(17)28-22(24)21(20)27-16(4)23/h7-8,10-12H,6,9,13H2,1-5H3/b15-12+. The molecule has 6 heteroatoms. The van der Waals surface area contributed by atoms with E-state index in [1.165, 1.54) is 19.6 Å². The predicted molar refractivity (Wildman–Crippen MR) is 108 cm³/mol. The number of para-hydroxylation sites is 1. The van der Waals surface area contributed by atoms with Crippen molar-refractivity contribution in [3.8, 4) is 17.2 Å². The van der Waals surface area contributed by atoms with Crippen LogP contribution in [0.2, 0.25) is 0 Å². The molecule has 0 atom stereocenters. The lowest BCUT2D eigenvalue weighted by Gasteiger charge is -2.13. The van der Waals surface area contributed by atoms with Gasteiger partial charge in [-0.3, -0.25) is 4.79 Å². The number of benzene rings is 1. The number of hydrogen-bond donors (Lipinski definition) is 0. The van der Waals surface area contributed by atoms with Gasteiger partial charge in [0.1, 0.15) is 6.61 Å². The van der Waals surface area contributed by atoms with Gasteiger partial charge in [0.15, 0.2) is 17.1 Å². The molecular formula is C22H26O6. The monoisotopic (exact) mass is 386 g/mol. The molecule has 2 aromatic rings. The van der Waals surface area contributed by atoms with Crippen LogP contribution in [-0.4, -0.2) is 19.7 Å². The first-order valence-electron chi connectivity index (χ1n) is 9.07. The Morgan fingerprint density at radius 1 is 1.11 bits per heavy atom. The zero-order valence-electron chi connectivity index (χ0n) is 17.0. The second-order valence-electron chi connectivity index (χ2n) is 6.66. The van der Waals surface area contributed by atoms with Crippen molar-refractivity contribution in [2.45, 2.75) is 40.5 Å². The fourth-order valence-corrected chi connectivity index (χ4v) is 2.65. The van der Waals surface area contributed by atoms with E-state index in [-0.39, 0.29) is 23.7 Å². The number of allylic oxidation sites excluding steroid dienone is 3. The molecule has 1 aromatic carbocycles. The summed E-state index contributed by atoms with van der Waals surface area (Å²) in [5.41, 5.74) is 1.89. The summed E-state index contributed by atoms with van der Waals surface area (Å²) in [6.45, 7) is 7.60. The molecular weight excluding hydrogens is 360 g/mol. The van der Waals surface area contributed by atoms with Crippen LogP contribution in [0.15, 0.2) is 50.7 Å². The first kappa shape index (κ1) is 21.3. The van der Waals surface area contributed by atoms with Gasteiger partial charge < -0.3 is 18.6 Å². The van der Waals surface area contributed by atoms with Gasteiger partial charge >= 0.3 is 11.6 Å². The second kappa shape index (κ2) is 9.78. The van der Waals surface area contributed by atoms with E-state index in [4.69, 9.17) is 18.6 Å². The Morgan fingerprint density at radius 2 is 1.86 bits per heavy atom. The fraction of sp³-hybridized carbons (Fsp3) is 0.364. The van der Waals surface area contributed by atoms with Gasteiger partial charge in [-0.05, 0) is 51.8 Å². The van der Waals surface area contributed by atoms with Crippen LogP contribution < -0.4 is 19.8 Å². The third-order valence-corrected chi connectivity index (χ3v) is 4.03. The maximum atomic E-state index is 12.4. The summed E-state index contributed by atoms with van der Waals surface area (Å²) in [5, 5.41) is 0.491. The Labute approximate surface area is 164 Å². The topological polar surface area (TPSA) is 75.0 Å². The number of carbonyl (C=O) groups is 1. The largest absolute Gasteiger partial charge is 0.493 e. The quantitative estimate of drug-likeness (QED) is 0.369. The Hall–Kier alpha value is -3.02. The third-order valence-electron chi connectivity index (χ3n) is 4.03. The summed E-state index contributed by atoms with van der Waals surface area (Å²) in [6, 6.07) is 5.13. The smallest absolute Gasteiger partial charge is 0.383 e. The van der Waals surface area contributed by atoms with Crippen LogP contribution >= 0.6 is 0 Å². The summed E-state index contributed by atoms with van der Waals surface area (Å²) in [5.74, 6) is -0.340. The van der Waals surface area contributed by atoms with Gasteiger partial charge in [-0.25, -0.2) is 4.79 Å². The van der Waals surface area contributed by atoms with Crippen molar-refractivity contribution in [1.82, 2.24) is 0 Å². The van der Waals surface area contributed by atoms with Crippen LogP contribution in [0.5, 0.6) is 17.2 Å². The van der Waals surface area contributed by atoms with Crippen LogP contribution in [0.3, 0.4) is 0 Å². The van der Waals surface area contributed by atoms with Crippen LogP contribution in [0, 0.1) is 0 Å². The summed E-state index contributed by atoms with van der Waals surface area (Å²) < 4.78 is 21.5. The zero-order chi connectivity index (χ0) is 20.7. The van der Waals surface area contributed by atoms with Gasteiger partial charge in [-0.15, -0.1) is 0 Å². The number of rotatable bonds is 8. The molecule has 0 saturated heterocycles. The second-order valence-corrected chi connectivity index (χ2v) is 6.66. The molecule has 150 valence electrons. The average molecular weight is 386 g/mol. The van der Waals surface area contributed by atoms with E-state index in [9.17, 15) is 9.59 Å². The summed E-state index contributed by atoms with van der Waals surface area (Å²) in [4.78, 5) is 23.8. The number of fused-ring (bicyclic) bond motifs is 1. The molecule has 0 bridgehead atoms. The number of esters is 1. The normalized spacial score (nSPS) is 11.2. The van der Waals surface area contributed by atoms with Crippen molar-refractivity contribution >= 4 is 16.9 Å². The predicted octanol–water partition coefficient (Wildman–Crippen LogP) is 4.80. The highest BCUT2D eigenvalue weighted by Gasteiger charge is 2.21. The molecule has 1 heterocycles. The van der Waals surface area contributed by atoms with Crippen LogP contribution in [0.4, 0.5) is 0 Å². The first-order valence-corrected chi connectivity index (χ1v) is 9.07. The molecule has 0 N–H and O–H groups in total. The van der Waals surface area contributed by atoms with E-state index in [1.54, 1.807) is 18.2 Å². The van der Waals surface area contributed by atoms with E-state index in [1.807, 2.05) is 13.0 Å². The molecule has 0 unspecified atom stereocenters. The minimum absolute atomic E-state index is 0.161. The fourth-order valence-electron chi connectivity index (χ4n) is 2.65. The summed E-state index contributed by atoms with van der Waals surface area (Å²) >= 11 is 0. The van der Waals surface area contributed by atoms with Crippen molar-refractivity contribution < 1.29 is 23.4 Å². The first-order chi connectivity index (χ1) is 13.3.